The molecule has 0 saturated heterocycles. The lowest BCUT2D eigenvalue weighted by Gasteiger charge is -1.92. The van der Waals surface area contributed by atoms with Gasteiger partial charge in [-0.15, -0.1) is 0 Å². The van der Waals surface area contributed by atoms with Crippen molar-refractivity contribution in [3.05, 3.63) is 30.3 Å². The van der Waals surface area contributed by atoms with Gasteiger partial charge in [-0.1, -0.05) is 26.9 Å². The van der Waals surface area contributed by atoms with E-state index in [1.807, 2.05) is 6.07 Å². The highest BCUT2D eigenvalue weighted by molar-refractivity contribution is 7.83. The predicted molar refractivity (Wildman–Crippen MR) is 53.4 cm³/mol. The lowest BCUT2D eigenvalue weighted by molar-refractivity contribution is -0.105. The number of phenolic OH excluding ortho intramolecular Hbond substituents is 1. The van der Waals surface area contributed by atoms with Crippen LogP contribution in [-0.2, 0) is 29.5 Å². The van der Waals surface area contributed by atoms with Crippen LogP contribution in [0.15, 0.2) is 30.3 Å². The molecule has 0 heterocycles. The van der Waals surface area contributed by atoms with Gasteiger partial charge in [0, 0.05) is 0 Å². The molecule has 17 heavy (non-hydrogen) atoms. The molecular weight excluding hydrogens is 280 g/mol. The third-order valence-electron chi connectivity index (χ3n) is 0.956. The zero-order chi connectivity index (χ0) is 13.5. The zero-order valence-electron chi connectivity index (χ0n) is 7.99. The van der Waals surface area contributed by atoms with Crippen LogP contribution in [0, 0.1) is 0 Å². The molecule has 0 fully saturated rings. The normalized spacial score (nSPS) is 11.4. The molecule has 1 aromatic carbocycles. The van der Waals surface area contributed by atoms with E-state index in [0.29, 0.717) is 5.75 Å². The monoisotopic (exact) mass is 288 g/mol. The molecule has 0 unspecified atom stereocenters. The van der Waals surface area contributed by atoms with Gasteiger partial charge in [-0.05, 0) is 12.1 Å². The fourth-order valence-corrected chi connectivity index (χ4v) is 1.06. The van der Waals surface area contributed by atoms with E-state index in [9.17, 15) is 16.8 Å². The molecule has 98 valence electrons. The molecule has 0 radical (unpaired) electrons. The molecule has 0 bridgehead atoms. The third-order valence-corrected chi connectivity index (χ3v) is 1.52. The molecule has 0 aliphatic rings. The second-order valence-corrected chi connectivity index (χ2v) is 4.31. The molecule has 1 aromatic rings. The van der Waals surface area contributed by atoms with Crippen LogP contribution < -0.4 is 0 Å². The van der Waals surface area contributed by atoms with Crippen molar-refractivity contribution in [1.82, 2.24) is 0 Å². The van der Waals surface area contributed by atoms with E-state index in [-0.39, 0.29) is 0 Å². The Balaban J connectivity index is 0.000000318. The number of hydrogen-bond acceptors (Lipinski definition) is 7. The number of hydrogen-bond donors (Lipinski definition) is 3. The van der Waals surface area contributed by atoms with Gasteiger partial charge < -0.3 is 5.11 Å². The molecule has 0 aromatic heterocycles. The first-order valence-corrected chi connectivity index (χ1v) is 6.40. The molecular formula is C6H8O9S2. The molecule has 9 nitrogen and oxygen atoms in total. The van der Waals surface area contributed by atoms with Crippen molar-refractivity contribution in [2.45, 2.75) is 0 Å². The number of aromatic hydroxyl groups is 1. The van der Waals surface area contributed by atoms with E-state index in [1.165, 1.54) is 0 Å². The minimum absolute atomic E-state index is 0.322. The van der Waals surface area contributed by atoms with E-state index < -0.39 is 20.8 Å². The second kappa shape index (κ2) is 6.48. The summed E-state index contributed by atoms with van der Waals surface area (Å²) in [6.07, 6.45) is 0. The summed E-state index contributed by atoms with van der Waals surface area (Å²) in [7, 11) is -10.0. The van der Waals surface area contributed by atoms with Crippen LogP contribution in [-0.4, -0.2) is 31.0 Å². The summed E-state index contributed by atoms with van der Waals surface area (Å²) in [5.41, 5.74) is 0. The highest BCUT2D eigenvalue weighted by atomic mass is 32.3. The van der Waals surface area contributed by atoms with Crippen LogP contribution in [0.25, 0.3) is 0 Å². The number of benzene rings is 1. The Bertz CT molecular complexity index is 486. The Labute approximate surface area is 97.1 Å². The number of para-hydroxylation sites is 1. The summed E-state index contributed by atoms with van der Waals surface area (Å²) < 4.78 is 58.9. The molecule has 0 atom stereocenters. The van der Waals surface area contributed by atoms with E-state index >= 15 is 0 Å². The summed E-state index contributed by atoms with van der Waals surface area (Å²) in [6, 6.07) is 8.71. The van der Waals surface area contributed by atoms with Crippen LogP contribution in [0.1, 0.15) is 0 Å². The first kappa shape index (κ1) is 15.8. The van der Waals surface area contributed by atoms with Gasteiger partial charge >= 0.3 is 20.8 Å². The Hall–Kier alpha value is -1.24. The van der Waals surface area contributed by atoms with Crippen molar-refractivity contribution in [2.75, 3.05) is 0 Å². The van der Waals surface area contributed by atoms with Gasteiger partial charge in [-0.25, -0.2) is 0 Å². The molecule has 0 aliphatic carbocycles. The van der Waals surface area contributed by atoms with Crippen LogP contribution in [0.3, 0.4) is 0 Å². The van der Waals surface area contributed by atoms with Gasteiger partial charge in [-0.3, -0.25) is 9.11 Å². The van der Waals surface area contributed by atoms with Crippen molar-refractivity contribution in [2.24, 2.45) is 0 Å². The van der Waals surface area contributed by atoms with Crippen LogP contribution >= 0.6 is 0 Å². The van der Waals surface area contributed by atoms with Gasteiger partial charge in [0.1, 0.15) is 5.75 Å². The molecule has 1 rings (SSSR count). The highest BCUT2D eigenvalue weighted by Crippen LogP contribution is 2.02. The summed E-state index contributed by atoms with van der Waals surface area (Å²) in [5.74, 6) is 0.322. The molecule has 0 spiro atoms. The van der Waals surface area contributed by atoms with Crippen molar-refractivity contribution < 1.29 is 39.7 Å². The van der Waals surface area contributed by atoms with Crippen molar-refractivity contribution in [3.8, 4) is 5.75 Å². The summed E-state index contributed by atoms with van der Waals surface area (Å²) in [5, 5.41) is 8.63. The van der Waals surface area contributed by atoms with Gasteiger partial charge in [0.15, 0.2) is 0 Å². The van der Waals surface area contributed by atoms with E-state index in [1.54, 1.807) is 24.3 Å². The largest absolute Gasteiger partial charge is 0.508 e. The van der Waals surface area contributed by atoms with Crippen molar-refractivity contribution in [1.29, 1.82) is 0 Å². The molecule has 0 aliphatic heterocycles. The Morgan fingerprint density at radius 3 is 1.35 bits per heavy atom. The van der Waals surface area contributed by atoms with Crippen molar-refractivity contribution >= 4 is 20.8 Å². The standard InChI is InChI=1S/C6H6O.H2O8S2/c7-6-4-2-1-3-5-6;1-9(2,3)7-8-10(4,5)6/h1-5,7H;(H,1,2,3)(H,4,5,6). The number of phenols is 1. The van der Waals surface area contributed by atoms with Gasteiger partial charge in [0.05, 0.1) is 0 Å². The van der Waals surface area contributed by atoms with E-state index in [2.05, 4.69) is 8.67 Å². The Morgan fingerprint density at radius 2 is 1.18 bits per heavy atom. The summed E-state index contributed by atoms with van der Waals surface area (Å²) >= 11 is 0. The summed E-state index contributed by atoms with van der Waals surface area (Å²) in [4.78, 5) is 0. The average molecular weight is 288 g/mol. The molecule has 3 N–H and O–H groups in total. The smallest absolute Gasteiger partial charge is 0.425 e. The topological polar surface area (TPSA) is 147 Å². The predicted octanol–water partition coefficient (Wildman–Crippen LogP) is -0.0676. The van der Waals surface area contributed by atoms with Gasteiger partial charge in [-0.2, -0.15) is 16.8 Å². The van der Waals surface area contributed by atoms with Crippen molar-refractivity contribution in [3.63, 3.8) is 0 Å². The fourth-order valence-electron chi connectivity index (χ4n) is 0.498. The average Bonchev–Trinajstić information content (AvgIpc) is 2.15. The molecule has 0 amide bonds. The first-order chi connectivity index (χ1) is 7.60. The van der Waals surface area contributed by atoms with Crippen LogP contribution in [0.4, 0.5) is 0 Å². The maximum absolute atomic E-state index is 9.51. The first-order valence-electron chi connectivity index (χ1n) is 3.67. The fraction of sp³-hybridized carbons (Fsp3) is 0. The van der Waals surface area contributed by atoms with E-state index in [4.69, 9.17) is 14.2 Å². The minimum atomic E-state index is -5.02. The zero-order valence-corrected chi connectivity index (χ0v) is 9.63. The number of rotatable bonds is 3. The van der Waals surface area contributed by atoms with Gasteiger partial charge in [0.2, 0.25) is 0 Å². The quantitative estimate of drug-likeness (QED) is 0.395. The summed E-state index contributed by atoms with van der Waals surface area (Å²) in [6.45, 7) is 0. The van der Waals surface area contributed by atoms with Gasteiger partial charge in [0.25, 0.3) is 0 Å². The third kappa shape index (κ3) is 12.7. The Morgan fingerprint density at radius 1 is 0.824 bits per heavy atom. The highest BCUT2D eigenvalue weighted by Gasteiger charge is 2.13. The van der Waals surface area contributed by atoms with Crippen LogP contribution in [0.2, 0.25) is 0 Å². The molecule has 0 saturated carbocycles. The maximum atomic E-state index is 9.51. The lowest BCUT2D eigenvalue weighted by Crippen LogP contribution is -2.10. The van der Waals surface area contributed by atoms with E-state index in [0.717, 1.165) is 0 Å². The molecule has 11 heteroatoms. The SMILES string of the molecule is O=S(=O)(O)OOS(=O)(=O)O.Oc1ccccc1. The van der Waals surface area contributed by atoms with Crippen LogP contribution in [0.5, 0.6) is 5.75 Å². The lowest BCUT2D eigenvalue weighted by atomic mass is 10.3. The maximum Gasteiger partial charge on any atom is 0.425 e. The Kier molecular flexibility index (Phi) is 6.01. The minimum Gasteiger partial charge on any atom is -0.508 e. The second-order valence-electron chi connectivity index (χ2n) is 2.33.